The SMILES string of the molecule is COc1ccc(Cl)cc1NC(=O)c1cccc(N2C(=O)[C@@H]3[C@H]4CC[C@@H](C4)[C@H]3C2=O)c1. The van der Waals surface area contributed by atoms with Gasteiger partial charge in [-0.15, -0.1) is 0 Å². The Labute approximate surface area is 179 Å². The van der Waals surface area contributed by atoms with E-state index in [0.717, 1.165) is 19.3 Å². The summed E-state index contributed by atoms with van der Waals surface area (Å²) >= 11 is 6.03. The van der Waals surface area contributed by atoms with Gasteiger partial charge in [0.25, 0.3) is 5.91 Å². The number of carbonyl (C=O) groups is 3. The van der Waals surface area contributed by atoms with Gasteiger partial charge in [-0.2, -0.15) is 0 Å². The van der Waals surface area contributed by atoms with Crippen LogP contribution in [0.1, 0.15) is 29.6 Å². The van der Waals surface area contributed by atoms with Crippen molar-refractivity contribution < 1.29 is 19.1 Å². The van der Waals surface area contributed by atoms with Crippen LogP contribution in [-0.2, 0) is 9.59 Å². The average molecular weight is 425 g/mol. The molecule has 5 rings (SSSR count). The summed E-state index contributed by atoms with van der Waals surface area (Å²) < 4.78 is 5.27. The number of nitrogens with one attached hydrogen (secondary N) is 1. The lowest BCUT2D eigenvalue weighted by Crippen LogP contribution is -2.33. The highest BCUT2D eigenvalue weighted by molar-refractivity contribution is 6.31. The van der Waals surface area contributed by atoms with E-state index in [1.54, 1.807) is 42.5 Å². The fraction of sp³-hybridized carbons (Fsp3) is 0.348. The number of carbonyl (C=O) groups excluding carboxylic acids is 3. The first-order chi connectivity index (χ1) is 14.5. The lowest BCUT2D eigenvalue weighted by Gasteiger charge is -2.19. The molecule has 1 aliphatic heterocycles. The minimum atomic E-state index is -0.378. The quantitative estimate of drug-likeness (QED) is 0.748. The molecule has 7 heteroatoms. The first-order valence-electron chi connectivity index (χ1n) is 10.1. The Kier molecular flexibility index (Phi) is 4.54. The van der Waals surface area contributed by atoms with Crippen molar-refractivity contribution in [3.63, 3.8) is 0 Å². The molecule has 2 aliphatic carbocycles. The average Bonchev–Trinajstić information content (AvgIpc) is 3.42. The number of anilines is 2. The van der Waals surface area contributed by atoms with Gasteiger partial charge in [-0.25, -0.2) is 0 Å². The smallest absolute Gasteiger partial charge is 0.255 e. The zero-order valence-electron chi connectivity index (χ0n) is 16.4. The lowest BCUT2D eigenvalue weighted by atomic mass is 9.81. The third-order valence-electron chi connectivity index (χ3n) is 6.70. The van der Waals surface area contributed by atoms with E-state index in [1.165, 1.54) is 12.0 Å². The summed E-state index contributed by atoms with van der Waals surface area (Å²) in [6.45, 7) is 0. The third kappa shape index (κ3) is 2.89. The first kappa shape index (κ1) is 19.1. The normalized spacial score (nSPS) is 26.8. The van der Waals surface area contributed by atoms with Gasteiger partial charge >= 0.3 is 0 Å². The maximum atomic E-state index is 13.1. The largest absolute Gasteiger partial charge is 0.495 e. The van der Waals surface area contributed by atoms with Gasteiger partial charge in [-0.3, -0.25) is 19.3 Å². The number of amides is 3. The van der Waals surface area contributed by atoms with Crippen LogP contribution < -0.4 is 15.0 Å². The van der Waals surface area contributed by atoms with E-state index in [4.69, 9.17) is 16.3 Å². The number of fused-ring (bicyclic) bond motifs is 5. The van der Waals surface area contributed by atoms with Gasteiger partial charge in [0.2, 0.25) is 11.8 Å². The molecule has 3 amide bonds. The Balaban J connectivity index is 1.41. The van der Waals surface area contributed by atoms with E-state index < -0.39 is 0 Å². The van der Waals surface area contributed by atoms with E-state index >= 15 is 0 Å². The van der Waals surface area contributed by atoms with Crippen LogP contribution in [0.5, 0.6) is 5.75 Å². The zero-order valence-corrected chi connectivity index (χ0v) is 17.2. The van der Waals surface area contributed by atoms with Crippen LogP contribution in [0.2, 0.25) is 5.02 Å². The number of nitrogens with zero attached hydrogens (tertiary/aromatic N) is 1. The van der Waals surface area contributed by atoms with Crippen molar-refractivity contribution in [2.75, 3.05) is 17.3 Å². The number of hydrogen-bond donors (Lipinski definition) is 1. The summed E-state index contributed by atoms with van der Waals surface area (Å²) in [4.78, 5) is 40.2. The lowest BCUT2D eigenvalue weighted by molar-refractivity contribution is -0.123. The van der Waals surface area contributed by atoms with Crippen LogP contribution >= 0.6 is 11.6 Å². The first-order valence-corrected chi connectivity index (χ1v) is 10.5. The molecule has 2 aromatic carbocycles. The molecule has 6 nitrogen and oxygen atoms in total. The second kappa shape index (κ2) is 7.13. The Hall–Kier alpha value is -2.86. The zero-order chi connectivity index (χ0) is 21.0. The van der Waals surface area contributed by atoms with E-state index in [9.17, 15) is 14.4 Å². The van der Waals surface area contributed by atoms with Gasteiger partial charge in [-0.05, 0) is 67.5 Å². The molecular weight excluding hydrogens is 404 g/mol. The van der Waals surface area contributed by atoms with Crippen molar-refractivity contribution in [1.82, 2.24) is 0 Å². The molecule has 1 N–H and O–H groups in total. The molecule has 3 aliphatic rings. The maximum absolute atomic E-state index is 13.1. The van der Waals surface area contributed by atoms with Gasteiger partial charge in [0, 0.05) is 10.6 Å². The topological polar surface area (TPSA) is 75.7 Å². The van der Waals surface area contributed by atoms with Crippen molar-refractivity contribution in [2.45, 2.75) is 19.3 Å². The molecule has 2 bridgehead atoms. The highest BCUT2D eigenvalue weighted by atomic mass is 35.5. The van der Waals surface area contributed by atoms with E-state index in [0.29, 0.717) is 39.5 Å². The molecule has 2 saturated carbocycles. The molecule has 0 radical (unpaired) electrons. The minimum Gasteiger partial charge on any atom is -0.495 e. The van der Waals surface area contributed by atoms with Gasteiger partial charge in [0.05, 0.1) is 30.3 Å². The Morgan fingerprint density at radius 3 is 2.43 bits per heavy atom. The van der Waals surface area contributed by atoms with Gasteiger partial charge < -0.3 is 10.1 Å². The number of imide groups is 1. The number of benzene rings is 2. The highest BCUT2D eigenvalue weighted by Crippen LogP contribution is 2.56. The van der Waals surface area contributed by atoms with Crippen molar-refractivity contribution in [2.24, 2.45) is 23.7 Å². The van der Waals surface area contributed by atoms with E-state index in [2.05, 4.69) is 5.32 Å². The summed E-state index contributed by atoms with van der Waals surface area (Å²) in [5.74, 6) is 0.131. The van der Waals surface area contributed by atoms with Crippen LogP contribution in [0, 0.1) is 23.7 Å². The molecule has 0 aromatic heterocycles. The number of hydrogen-bond acceptors (Lipinski definition) is 4. The molecule has 0 unspecified atom stereocenters. The third-order valence-corrected chi connectivity index (χ3v) is 6.94. The Bertz CT molecular complexity index is 1040. The number of ether oxygens (including phenoxy) is 1. The summed E-state index contributed by atoms with van der Waals surface area (Å²) in [5.41, 5.74) is 1.24. The maximum Gasteiger partial charge on any atom is 0.255 e. The van der Waals surface area contributed by atoms with E-state index in [1.807, 2.05) is 0 Å². The summed E-state index contributed by atoms with van der Waals surface area (Å²) in [6, 6.07) is 11.6. The van der Waals surface area contributed by atoms with Gasteiger partial charge in [0.15, 0.2) is 0 Å². The predicted octanol–water partition coefficient (Wildman–Crippen LogP) is 4.14. The fourth-order valence-corrected chi connectivity index (χ4v) is 5.59. The Morgan fingerprint density at radius 2 is 1.77 bits per heavy atom. The van der Waals surface area contributed by atoms with Crippen LogP contribution in [0.25, 0.3) is 0 Å². The standard InChI is InChI=1S/C23H21ClN2O4/c1-30-18-8-7-15(24)11-17(18)25-21(27)14-3-2-4-16(10-14)26-22(28)19-12-5-6-13(9-12)20(19)23(26)29/h2-4,7-8,10-13,19-20H,5-6,9H2,1H3,(H,25,27)/t12-,13-,19+,20+/m0/s1. The van der Waals surface area contributed by atoms with Crippen molar-refractivity contribution in [1.29, 1.82) is 0 Å². The van der Waals surface area contributed by atoms with Crippen LogP contribution in [0.4, 0.5) is 11.4 Å². The van der Waals surface area contributed by atoms with Crippen molar-refractivity contribution in [3.05, 3.63) is 53.1 Å². The fourth-order valence-electron chi connectivity index (χ4n) is 5.42. The molecule has 1 saturated heterocycles. The van der Waals surface area contributed by atoms with Crippen LogP contribution in [0.3, 0.4) is 0 Å². The Morgan fingerprint density at radius 1 is 1.07 bits per heavy atom. The monoisotopic (exact) mass is 424 g/mol. The van der Waals surface area contributed by atoms with Crippen LogP contribution in [0.15, 0.2) is 42.5 Å². The van der Waals surface area contributed by atoms with Crippen LogP contribution in [-0.4, -0.2) is 24.8 Å². The summed E-state index contributed by atoms with van der Waals surface area (Å²) in [6.07, 6.45) is 3.05. The molecule has 0 spiro atoms. The van der Waals surface area contributed by atoms with Crippen molar-refractivity contribution >= 4 is 40.7 Å². The molecule has 1 heterocycles. The second-order valence-corrected chi connectivity index (χ2v) is 8.68. The molecule has 30 heavy (non-hydrogen) atoms. The predicted molar refractivity (Wildman–Crippen MR) is 113 cm³/mol. The number of rotatable bonds is 4. The van der Waals surface area contributed by atoms with E-state index in [-0.39, 0.29) is 29.6 Å². The number of methoxy groups -OCH3 is 1. The molecule has 2 aromatic rings. The summed E-state index contributed by atoms with van der Waals surface area (Å²) in [5, 5.41) is 3.25. The molecule has 154 valence electrons. The van der Waals surface area contributed by atoms with Crippen molar-refractivity contribution in [3.8, 4) is 5.75 Å². The van der Waals surface area contributed by atoms with Gasteiger partial charge in [0.1, 0.15) is 5.75 Å². The molecule has 3 fully saturated rings. The minimum absolute atomic E-state index is 0.119. The van der Waals surface area contributed by atoms with Gasteiger partial charge in [-0.1, -0.05) is 17.7 Å². The highest BCUT2D eigenvalue weighted by Gasteiger charge is 2.61. The summed E-state index contributed by atoms with van der Waals surface area (Å²) in [7, 11) is 1.51. The number of halogens is 1. The molecular formula is C23H21ClN2O4. The second-order valence-electron chi connectivity index (χ2n) is 8.25. The molecule has 4 atom stereocenters.